The molecule has 0 fully saturated rings. The van der Waals surface area contributed by atoms with E-state index >= 15 is 0 Å². The van der Waals surface area contributed by atoms with Gasteiger partial charge in [-0.2, -0.15) is 0 Å². The van der Waals surface area contributed by atoms with E-state index in [-0.39, 0.29) is 16.1 Å². The van der Waals surface area contributed by atoms with Crippen molar-refractivity contribution >= 4 is 27.4 Å². The minimum atomic E-state index is -4.02. The van der Waals surface area contributed by atoms with Gasteiger partial charge in [0.1, 0.15) is 5.75 Å². The van der Waals surface area contributed by atoms with Crippen molar-refractivity contribution in [3.63, 3.8) is 0 Å². The molecule has 3 rings (SSSR count). The molecule has 0 radical (unpaired) electrons. The Balaban J connectivity index is 2.08. The molecule has 9 heteroatoms. The molecule has 8 nitrogen and oxygen atoms in total. The lowest BCUT2D eigenvalue weighted by Gasteiger charge is -2.28. The lowest BCUT2D eigenvalue weighted by atomic mass is 10.1. The van der Waals surface area contributed by atoms with Crippen molar-refractivity contribution in [2.24, 2.45) is 0 Å². The maximum Gasteiger partial charge on any atom is 0.276 e. The molecular weight excluding hydrogens is 372 g/mol. The monoisotopic (exact) mass is 388 g/mol. The van der Waals surface area contributed by atoms with Crippen LogP contribution in [0.25, 0.3) is 5.76 Å². The Hall–Kier alpha value is -3.33. The number of hydrogen-bond donors (Lipinski definition) is 2. The molecule has 0 unspecified atom stereocenters. The van der Waals surface area contributed by atoms with Gasteiger partial charge in [0.2, 0.25) is 5.43 Å². The fourth-order valence-corrected chi connectivity index (χ4v) is 4.05. The Morgan fingerprint density at radius 1 is 1.11 bits per heavy atom. The number of carbonyl (C=O) groups is 1. The Kier molecular flexibility index (Phi) is 4.63. The van der Waals surface area contributed by atoms with Gasteiger partial charge >= 0.3 is 0 Å². The highest BCUT2D eigenvalue weighted by Crippen LogP contribution is 2.34. The summed E-state index contributed by atoms with van der Waals surface area (Å²) in [6.07, 6.45) is 0. The zero-order valence-corrected chi connectivity index (χ0v) is 15.3. The van der Waals surface area contributed by atoms with Crippen LogP contribution in [0.2, 0.25) is 0 Å². The maximum atomic E-state index is 12.7. The number of ether oxygens (including phenoxy) is 1. The van der Waals surface area contributed by atoms with Gasteiger partial charge < -0.3 is 15.2 Å². The first-order chi connectivity index (χ1) is 12.8. The third-order valence-electron chi connectivity index (χ3n) is 4.10. The van der Waals surface area contributed by atoms with E-state index in [1.807, 2.05) is 0 Å². The Morgan fingerprint density at radius 3 is 2.48 bits per heavy atom. The number of anilines is 1. The minimum absolute atomic E-state index is 0.0170. The molecule has 27 heavy (non-hydrogen) atoms. The number of sulfonamides is 1. The number of aliphatic hydroxyl groups is 1. The van der Waals surface area contributed by atoms with Gasteiger partial charge in [-0.1, -0.05) is 12.1 Å². The standard InChI is InChI=1S/C18H16N2O6S/c1-20-16(17(22)12-5-3-4-6-15(12)27(20,24)25)18(23)19-13-9-7-11(26-2)8-10-14(13)21/h3-10,22H,1-2H3,(H,19,21,23). The number of nitrogens with one attached hydrogen (secondary N) is 1. The second kappa shape index (κ2) is 6.76. The van der Waals surface area contributed by atoms with Crippen LogP contribution in [-0.2, 0) is 14.8 Å². The fourth-order valence-electron chi connectivity index (χ4n) is 2.65. The number of carbonyl (C=O) groups excluding carboxylic acids is 1. The zero-order chi connectivity index (χ0) is 19.8. The van der Waals surface area contributed by atoms with Gasteiger partial charge in [0, 0.05) is 12.6 Å². The third-order valence-corrected chi connectivity index (χ3v) is 5.91. The largest absolute Gasteiger partial charge is 0.505 e. The van der Waals surface area contributed by atoms with E-state index in [2.05, 4.69) is 5.32 Å². The van der Waals surface area contributed by atoms with Gasteiger partial charge in [-0.05, 0) is 36.4 Å². The summed E-state index contributed by atoms with van der Waals surface area (Å²) in [5.74, 6) is -1.03. The molecule has 1 aliphatic rings. The van der Waals surface area contributed by atoms with Crippen molar-refractivity contribution in [2.75, 3.05) is 19.5 Å². The van der Waals surface area contributed by atoms with Crippen LogP contribution in [0.15, 0.2) is 63.9 Å². The number of aliphatic hydroxyl groups excluding tert-OH is 1. The van der Waals surface area contributed by atoms with E-state index in [1.165, 1.54) is 49.6 Å². The molecule has 0 saturated carbocycles. The van der Waals surface area contributed by atoms with E-state index in [1.54, 1.807) is 6.07 Å². The quantitative estimate of drug-likeness (QED) is 0.825. The molecule has 2 aromatic carbocycles. The van der Waals surface area contributed by atoms with E-state index in [4.69, 9.17) is 4.74 Å². The maximum absolute atomic E-state index is 12.7. The minimum Gasteiger partial charge on any atom is -0.505 e. The second-order valence-corrected chi connectivity index (χ2v) is 7.61. The van der Waals surface area contributed by atoms with Crippen LogP contribution in [0.1, 0.15) is 5.56 Å². The van der Waals surface area contributed by atoms with Gasteiger partial charge in [0.15, 0.2) is 11.5 Å². The summed E-state index contributed by atoms with van der Waals surface area (Å²) >= 11 is 0. The Labute approximate surface area is 155 Å². The summed E-state index contributed by atoms with van der Waals surface area (Å²) in [4.78, 5) is 24.7. The summed E-state index contributed by atoms with van der Waals surface area (Å²) in [6.45, 7) is 0. The summed E-state index contributed by atoms with van der Waals surface area (Å²) in [6, 6.07) is 11.2. The van der Waals surface area contributed by atoms with E-state index in [0.29, 0.717) is 10.1 Å². The number of amides is 1. The SMILES string of the molecule is COc1ccc(NC(=O)C2=C(O)c3ccccc3S(=O)(=O)N2C)c(=O)cc1. The first-order valence-electron chi connectivity index (χ1n) is 7.78. The zero-order valence-electron chi connectivity index (χ0n) is 14.5. The lowest BCUT2D eigenvalue weighted by Crippen LogP contribution is -2.37. The highest BCUT2D eigenvalue weighted by molar-refractivity contribution is 7.89. The first kappa shape index (κ1) is 18.5. The summed E-state index contributed by atoms with van der Waals surface area (Å²) < 4.78 is 31.0. The van der Waals surface area contributed by atoms with Gasteiger partial charge in [0.25, 0.3) is 15.9 Å². The number of hydrogen-bond acceptors (Lipinski definition) is 6. The van der Waals surface area contributed by atoms with Crippen molar-refractivity contribution in [2.45, 2.75) is 4.90 Å². The van der Waals surface area contributed by atoms with Crippen molar-refractivity contribution in [3.8, 4) is 5.75 Å². The van der Waals surface area contributed by atoms with E-state index in [9.17, 15) is 23.1 Å². The van der Waals surface area contributed by atoms with Crippen LogP contribution in [0.4, 0.5) is 5.69 Å². The van der Waals surface area contributed by atoms with Crippen LogP contribution in [0.5, 0.6) is 5.75 Å². The smallest absolute Gasteiger partial charge is 0.276 e. The topological polar surface area (TPSA) is 113 Å². The molecule has 0 bridgehead atoms. The van der Waals surface area contributed by atoms with E-state index in [0.717, 1.165) is 7.05 Å². The van der Waals surface area contributed by atoms with Crippen molar-refractivity contribution in [1.82, 2.24) is 4.31 Å². The summed E-state index contributed by atoms with van der Waals surface area (Å²) in [5, 5.41) is 12.8. The molecule has 2 N–H and O–H groups in total. The van der Waals surface area contributed by atoms with Crippen molar-refractivity contribution < 1.29 is 23.1 Å². The molecule has 140 valence electrons. The average molecular weight is 388 g/mol. The number of benzene rings is 1. The highest BCUT2D eigenvalue weighted by Gasteiger charge is 2.37. The molecule has 0 aromatic heterocycles. The molecule has 1 aliphatic heterocycles. The van der Waals surface area contributed by atoms with Crippen LogP contribution >= 0.6 is 0 Å². The Morgan fingerprint density at radius 2 is 1.78 bits per heavy atom. The van der Waals surface area contributed by atoms with Gasteiger partial charge in [-0.3, -0.25) is 13.9 Å². The van der Waals surface area contributed by atoms with Crippen molar-refractivity contribution in [1.29, 1.82) is 0 Å². The highest BCUT2D eigenvalue weighted by atomic mass is 32.2. The number of likely N-dealkylation sites (N-methyl/N-ethyl adjacent to an activating group) is 1. The molecule has 1 heterocycles. The molecule has 0 spiro atoms. The normalized spacial score (nSPS) is 15.1. The molecule has 0 atom stereocenters. The second-order valence-electron chi connectivity index (χ2n) is 5.67. The summed E-state index contributed by atoms with van der Waals surface area (Å²) in [5.41, 5.74) is -1.06. The molecule has 0 saturated heterocycles. The molecule has 1 amide bonds. The number of nitrogens with zero attached hydrogens (tertiary/aromatic N) is 1. The molecule has 2 aromatic rings. The first-order valence-corrected chi connectivity index (χ1v) is 9.22. The predicted octanol–water partition coefficient (Wildman–Crippen LogP) is 1.55. The van der Waals surface area contributed by atoms with Gasteiger partial charge in [-0.15, -0.1) is 0 Å². The lowest BCUT2D eigenvalue weighted by molar-refractivity contribution is -0.113. The fraction of sp³-hybridized carbons (Fsp3) is 0.111. The van der Waals surface area contributed by atoms with Crippen molar-refractivity contribution in [3.05, 3.63) is 70.0 Å². The Bertz CT molecular complexity index is 1120. The predicted molar refractivity (Wildman–Crippen MR) is 98.8 cm³/mol. The van der Waals surface area contributed by atoms with Gasteiger partial charge in [0.05, 0.1) is 17.7 Å². The average Bonchev–Trinajstić information content (AvgIpc) is 2.82. The van der Waals surface area contributed by atoms with E-state index < -0.39 is 32.8 Å². The molecule has 0 aliphatic carbocycles. The van der Waals surface area contributed by atoms with Crippen LogP contribution < -0.4 is 15.5 Å². The van der Waals surface area contributed by atoms with Gasteiger partial charge in [-0.25, -0.2) is 8.42 Å². The van der Waals surface area contributed by atoms with Crippen LogP contribution in [-0.4, -0.2) is 37.9 Å². The van der Waals surface area contributed by atoms with Crippen LogP contribution in [0, 0.1) is 0 Å². The number of rotatable bonds is 3. The number of methoxy groups -OCH3 is 1. The van der Waals surface area contributed by atoms with Crippen LogP contribution in [0.3, 0.4) is 0 Å². The number of fused-ring (bicyclic) bond motifs is 1. The molecular formula is C18H16N2O6S. The summed E-state index contributed by atoms with van der Waals surface area (Å²) in [7, 11) is -1.43. The third kappa shape index (κ3) is 3.13.